The zero-order valence-corrected chi connectivity index (χ0v) is 11.4. The van der Waals surface area contributed by atoms with Gasteiger partial charge in [-0.2, -0.15) is 0 Å². The highest BCUT2D eigenvalue weighted by Gasteiger charge is 2.33. The second-order valence-corrected chi connectivity index (χ2v) is 5.52. The minimum Gasteiger partial charge on any atom is -0.494 e. The number of hydrogen-bond acceptors (Lipinski definition) is 3. The Kier molecular flexibility index (Phi) is 3.60. The van der Waals surface area contributed by atoms with Gasteiger partial charge in [0.05, 0.1) is 7.11 Å². The quantitative estimate of drug-likeness (QED) is 0.907. The van der Waals surface area contributed by atoms with E-state index in [9.17, 15) is 4.39 Å². The molecule has 1 atom stereocenters. The van der Waals surface area contributed by atoms with Crippen molar-refractivity contribution in [2.75, 3.05) is 31.6 Å². The molecule has 1 N–H and O–H groups in total. The van der Waals surface area contributed by atoms with Crippen LogP contribution >= 0.6 is 0 Å². The summed E-state index contributed by atoms with van der Waals surface area (Å²) in [4.78, 5) is 2.30. The number of benzene rings is 1. The Bertz CT molecular complexity index is 448. The van der Waals surface area contributed by atoms with Crippen LogP contribution in [-0.4, -0.2) is 32.8 Å². The molecule has 0 amide bonds. The fraction of sp³-hybridized carbons (Fsp3) is 0.600. The van der Waals surface area contributed by atoms with Crippen molar-refractivity contribution in [3.05, 3.63) is 24.0 Å². The van der Waals surface area contributed by atoms with Crippen molar-refractivity contribution in [1.29, 1.82) is 0 Å². The average molecular weight is 264 g/mol. The first-order valence-electron chi connectivity index (χ1n) is 7.10. The number of methoxy groups -OCH3 is 1. The van der Waals surface area contributed by atoms with Crippen molar-refractivity contribution >= 4 is 5.69 Å². The predicted molar refractivity (Wildman–Crippen MR) is 74.3 cm³/mol. The van der Waals surface area contributed by atoms with Gasteiger partial charge in [-0.25, -0.2) is 4.39 Å². The molecule has 1 aromatic rings. The second-order valence-electron chi connectivity index (χ2n) is 5.52. The van der Waals surface area contributed by atoms with Gasteiger partial charge < -0.3 is 15.0 Å². The van der Waals surface area contributed by atoms with Gasteiger partial charge in [-0.1, -0.05) is 0 Å². The SMILES string of the molecule is COc1ccc(N2CCCNC(C3CC3)C2)cc1F. The molecule has 2 fully saturated rings. The van der Waals surface area contributed by atoms with Gasteiger partial charge in [0, 0.05) is 30.9 Å². The zero-order chi connectivity index (χ0) is 13.2. The lowest BCUT2D eigenvalue weighted by atomic mass is 10.1. The van der Waals surface area contributed by atoms with Crippen LogP contribution in [0, 0.1) is 11.7 Å². The van der Waals surface area contributed by atoms with E-state index in [1.54, 1.807) is 12.1 Å². The summed E-state index contributed by atoms with van der Waals surface area (Å²) in [6.07, 6.45) is 3.78. The first-order chi connectivity index (χ1) is 9.28. The molecule has 1 unspecified atom stereocenters. The topological polar surface area (TPSA) is 24.5 Å². The lowest BCUT2D eigenvalue weighted by Gasteiger charge is -2.26. The van der Waals surface area contributed by atoms with Gasteiger partial charge in [0.2, 0.25) is 0 Å². The van der Waals surface area contributed by atoms with Gasteiger partial charge >= 0.3 is 0 Å². The predicted octanol–water partition coefficient (Wildman–Crippen LogP) is 2.41. The summed E-state index contributed by atoms with van der Waals surface area (Å²) in [6.45, 7) is 3.04. The number of ether oxygens (including phenoxy) is 1. The standard InChI is InChI=1S/C15H21FN2O/c1-19-15-6-5-12(9-13(15)16)18-8-2-7-17-14(10-18)11-3-4-11/h5-6,9,11,14,17H,2-4,7-8,10H2,1H3. The maximum absolute atomic E-state index is 13.8. The molecule has 19 heavy (non-hydrogen) atoms. The van der Waals surface area contributed by atoms with Gasteiger partial charge in [0.1, 0.15) is 0 Å². The molecule has 3 rings (SSSR count). The average Bonchev–Trinajstić information content (AvgIpc) is 3.24. The molecule has 0 spiro atoms. The van der Waals surface area contributed by atoms with E-state index in [1.165, 1.54) is 20.0 Å². The zero-order valence-electron chi connectivity index (χ0n) is 11.4. The molecule has 1 heterocycles. The normalized spacial score (nSPS) is 24.1. The molecule has 0 radical (unpaired) electrons. The fourth-order valence-electron chi connectivity index (χ4n) is 2.85. The summed E-state index contributed by atoms with van der Waals surface area (Å²) >= 11 is 0. The number of halogens is 1. The first-order valence-corrected chi connectivity index (χ1v) is 7.10. The second kappa shape index (κ2) is 5.37. The van der Waals surface area contributed by atoms with Crippen LogP contribution in [-0.2, 0) is 0 Å². The van der Waals surface area contributed by atoms with Gasteiger partial charge in [0.15, 0.2) is 11.6 Å². The van der Waals surface area contributed by atoms with Crippen LogP contribution in [0.15, 0.2) is 18.2 Å². The van der Waals surface area contributed by atoms with Gasteiger partial charge in [-0.15, -0.1) is 0 Å². The number of nitrogens with one attached hydrogen (secondary N) is 1. The van der Waals surface area contributed by atoms with Crippen molar-refractivity contribution in [3.8, 4) is 5.75 Å². The third-order valence-corrected chi connectivity index (χ3v) is 4.12. The number of hydrogen-bond donors (Lipinski definition) is 1. The van der Waals surface area contributed by atoms with Crippen LogP contribution < -0.4 is 15.0 Å². The molecule has 1 aromatic carbocycles. The highest BCUT2D eigenvalue weighted by Crippen LogP contribution is 2.34. The van der Waals surface area contributed by atoms with Crippen molar-refractivity contribution in [1.82, 2.24) is 5.32 Å². The molecule has 1 saturated carbocycles. The van der Waals surface area contributed by atoms with E-state index in [4.69, 9.17) is 4.74 Å². The minimum absolute atomic E-state index is 0.278. The van der Waals surface area contributed by atoms with Crippen molar-refractivity contribution in [2.24, 2.45) is 5.92 Å². The fourth-order valence-corrected chi connectivity index (χ4v) is 2.85. The Balaban J connectivity index is 1.77. The third-order valence-electron chi connectivity index (χ3n) is 4.12. The van der Waals surface area contributed by atoms with E-state index >= 15 is 0 Å². The Morgan fingerprint density at radius 3 is 2.89 bits per heavy atom. The summed E-state index contributed by atoms with van der Waals surface area (Å²) in [5, 5.41) is 3.62. The van der Waals surface area contributed by atoms with Crippen LogP contribution in [0.1, 0.15) is 19.3 Å². The van der Waals surface area contributed by atoms with E-state index in [1.807, 2.05) is 6.07 Å². The van der Waals surface area contributed by atoms with Crippen LogP contribution in [0.5, 0.6) is 5.75 Å². The maximum atomic E-state index is 13.8. The molecule has 1 aliphatic carbocycles. The number of nitrogens with zero attached hydrogens (tertiary/aromatic N) is 1. The Labute approximate surface area is 113 Å². The Hall–Kier alpha value is -1.29. The summed E-state index contributed by atoms with van der Waals surface area (Å²) in [6, 6.07) is 5.83. The van der Waals surface area contributed by atoms with Gasteiger partial charge in [-0.3, -0.25) is 0 Å². The lowest BCUT2D eigenvalue weighted by Crippen LogP contribution is -2.39. The maximum Gasteiger partial charge on any atom is 0.167 e. The highest BCUT2D eigenvalue weighted by atomic mass is 19.1. The summed E-state index contributed by atoms with van der Waals surface area (Å²) in [7, 11) is 1.50. The van der Waals surface area contributed by atoms with E-state index in [0.717, 1.165) is 37.7 Å². The molecule has 1 saturated heterocycles. The molecule has 0 aromatic heterocycles. The number of rotatable bonds is 3. The molecule has 2 aliphatic rings. The molecular formula is C15H21FN2O. The highest BCUT2D eigenvalue weighted by molar-refractivity contribution is 5.50. The summed E-state index contributed by atoms with van der Waals surface area (Å²) in [5.41, 5.74) is 0.965. The summed E-state index contributed by atoms with van der Waals surface area (Å²) < 4.78 is 18.8. The van der Waals surface area contributed by atoms with Crippen LogP contribution in [0.2, 0.25) is 0 Å². The van der Waals surface area contributed by atoms with Crippen LogP contribution in [0.4, 0.5) is 10.1 Å². The number of anilines is 1. The van der Waals surface area contributed by atoms with Crippen LogP contribution in [0.25, 0.3) is 0 Å². The molecular weight excluding hydrogens is 243 g/mol. The minimum atomic E-state index is -0.278. The molecule has 104 valence electrons. The lowest BCUT2D eigenvalue weighted by molar-refractivity contribution is 0.386. The van der Waals surface area contributed by atoms with Crippen molar-refractivity contribution < 1.29 is 9.13 Å². The van der Waals surface area contributed by atoms with Crippen molar-refractivity contribution in [3.63, 3.8) is 0 Å². The van der Waals surface area contributed by atoms with Gasteiger partial charge in [0.25, 0.3) is 0 Å². The summed E-state index contributed by atoms with van der Waals surface area (Å²) in [5.74, 6) is 0.860. The smallest absolute Gasteiger partial charge is 0.167 e. The largest absolute Gasteiger partial charge is 0.494 e. The van der Waals surface area contributed by atoms with E-state index in [0.29, 0.717) is 11.8 Å². The molecule has 0 bridgehead atoms. The first kappa shape index (κ1) is 12.7. The Morgan fingerprint density at radius 1 is 1.37 bits per heavy atom. The van der Waals surface area contributed by atoms with Crippen LogP contribution in [0.3, 0.4) is 0 Å². The molecule has 3 nitrogen and oxygen atoms in total. The third kappa shape index (κ3) is 2.84. The molecule has 1 aliphatic heterocycles. The monoisotopic (exact) mass is 264 g/mol. The van der Waals surface area contributed by atoms with E-state index in [2.05, 4.69) is 10.2 Å². The van der Waals surface area contributed by atoms with Gasteiger partial charge in [-0.05, 0) is 43.9 Å². The Morgan fingerprint density at radius 2 is 2.21 bits per heavy atom. The van der Waals surface area contributed by atoms with E-state index in [-0.39, 0.29) is 5.82 Å². The van der Waals surface area contributed by atoms with Crippen molar-refractivity contribution in [2.45, 2.75) is 25.3 Å². The van der Waals surface area contributed by atoms with E-state index < -0.39 is 0 Å². The molecule has 4 heteroatoms.